The molecule has 0 aromatic heterocycles. The van der Waals surface area contributed by atoms with Crippen molar-refractivity contribution in [1.29, 1.82) is 0 Å². The van der Waals surface area contributed by atoms with E-state index >= 15 is 0 Å². The molecule has 0 spiro atoms. The van der Waals surface area contributed by atoms with Crippen LogP contribution >= 0.6 is 0 Å². The van der Waals surface area contributed by atoms with Gasteiger partial charge >= 0.3 is 0 Å². The molecule has 1 amide bonds. The van der Waals surface area contributed by atoms with E-state index in [2.05, 4.69) is 17.7 Å². The highest BCUT2D eigenvalue weighted by Gasteiger charge is 2.27. The number of hydrazine groups is 1. The third-order valence-corrected chi connectivity index (χ3v) is 3.69. The Balaban J connectivity index is 1.89. The van der Waals surface area contributed by atoms with E-state index in [1.54, 1.807) is 24.3 Å². The summed E-state index contributed by atoms with van der Waals surface area (Å²) in [6.07, 6.45) is 1.98. The Hall–Kier alpha value is -1.59. The highest BCUT2D eigenvalue weighted by atomic mass is 16.5. The SMILES string of the molecule is CC1(CNC(=O)c2ccc(NN)cc2)CCOCC1. The van der Waals surface area contributed by atoms with Gasteiger partial charge in [-0.05, 0) is 42.5 Å². The number of carbonyl (C=O) groups excluding carboxylic acids is 1. The lowest BCUT2D eigenvalue weighted by Crippen LogP contribution is -2.39. The van der Waals surface area contributed by atoms with Crippen LogP contribution in [0.1, 0.15) is 30.1 Å². The molecule has 5 heteroatoms. The number of benzene rings is 1. The molecule has 5 nitrogen and oxygen atoms in total. The maximum absolute atomic E-state index is 12.0. The molecule has 0 aliphatic carbocycles. The first kappa shape index (κ1) is 13.8. The summed E-state index contributed by atoms with van der Waals surface area (Å²) in [4.78, 5) is 12.0. The van der Waals surface area contributed by atoms with Gasteiger partial charge in [-0.3, -0.25) is 10.6 Å². The lowest BCUT2D eigenvalue weighted by molar-refractivity contribution is 0.0238. The second kappa shape index (κ2) is 6.04. The van der Waals surface area contributed by atoms with E-state index in [-0.39, 0.29) is 11.3 Å². The van der Waals surface area contributed by atoms with Gasteiger partial charge in [0.05, 0.1) is 0 Å². The topological polar surface area (TPSA) is 76.4 Å². The van der Waals surface area contributed by atoms with Gasteiger partial charge in [0.2, 0.25) is 0 Å². The van der Waals surface area contributed by atoms with Crippen molar-refractivity contribution in [3.05, 3.63) is 29.8 Å². The summed E-state index contributed by atoms with van der Waals surface area (Å²) in [5, 5.41) is 3.00. The van der Waals surface area contributed by atoms with Crippen molar-refractivity contribution in [3.8, 4) is 0 Å². The Bertz CT molecular complexity index is 425. The molecule has 0 unspecified atom stereocenters. The first-order valence-corrected chi connectivity index (χ1v) is 6.56. The van der Waals surface area contributed by atoms with Crippen molar-refractivity contribution in [1.82, 2.24) is 5.32 Å². The van der Waals surface area contributed by atoms with Crippen LogP contribution in [0, 0.1) is 5.41 Å². The minimum Gasteiger partial charge on any atom is -0.381 e. The predicted molar refractivity (Wildman–Crippen MR) is 74.7 cm³/mol. The fraction of sp³-hybridized carbons (Fsp3) is 0.500. The molecular weight excluding hydrogens is 242 g/mol. The average Bonchev–Trinajstić information content (AvgIpc) is 2.46. The minimum atomic E-state index is -0.0451. The number of amides is 1. The standard InChI is InChI=1S/C14H21N3O2/c1-14(6-8-19-9-7-14)10-16-13(18)11-2-4-12(17-15)5-3-11/h2-5,17H,6-10,15H2,1H3,(H,16,18). The Morgan fingerprint density at radius 2 is 1.95 bits per heavy atom. The molecule has 1 aromatic carbocycles. The monoisotopic (exact) mass is 263 g/mol. The summed E-state index contributed by atoms with van der Waals surface area (Å²) < 4.78 is 5.35. The van der Waals surface area contributed by atoms with Crippen LogP contribution in [0.15, 0.2) is 24.3 Å². The fourth-order valence-electron chi connectivity index (χ4n) is 2.15. The molecule has 1 aliphatic rings. The summed E-state index contributed by atoms with van der Waals surface area (Å²) in [7, 11) is 0. The Morgan fingerprint density at radius 1 is 1.32 bits per heavy atom. The van der Waals surface area contributed by atoms with Gasteiger partial charge in [0.15, 0.2) is 0 Å². The van der Waals surface area contributed by atoms with Crippen LogP contribution in [-0.4, -0.2) is 25.7 Å². The number of hydrogen-bond acceptors (Lipinski definition) is 4. The van der Waals surface area contributed by atoms with Crippen molar-refractivity contribution < 1.29 is 9.53 Å². The molecule has 19 heavy (non-hydrogen) atoms. The van der Waals surface area contributed by atoms with E-state index in [9.17, 15) is 4.79 Å². The summed E-state index contributed by atoms with van der Waals surface area (Å²) >= 11 is 0. The van der Waals surface area contributed by atoms with Gasteiger partial charge in [-0.15, -0.1) is 0 Å². The smallest absolute Gasteiger partial charge is 0.251 e. The molecule has 0 bridgehead atoms. The molecule has 2 rings (SSSR count). The van der Waals surface area contributed by atoms with Crippen LogP contribution in [0.2, 0.25) is 0 Å². The molecule has 1 fully saturated rings. The van der Waals surface area contributed by atoms with Crippen LogP contribution in [0.25, 0.3) is 0 Å². The molecule has 1 aliphatic heterocycles. The van der Waals surface area contributed by atoms with Gasteiger partial charge in [-0.2, -0.15) is 0 Å². The zero-order valence-electron chi connectivity index (χ0n) is 11.2. The van der Waals surface area contributed by atoms with Crippen molar-refractivity contribution >= 4 is 11.6 Å². The molecular formula is C14H21N3O2. The Labute approximate surface area is 113 Å². The third kappa shape index (κ3) is 3.68. The lowest BCUT2D eigenvalue weighted by atomic mass is 9.82. The maximum atomic E-state index is 12.0. The summed E-state index contributed by atoms with van der Waals surface area (Å²) in [6.45, 7) is 4.44. The number of rotatable bonds is 4. The van der Waals surface area contributed by atoms with Crippen molar-refractivity contribution in [3.63, 3.8) is 0 Å². The number of hydrogen-bond donors (Lipinski definition) is 3. The Morgan fingerprint density at radius 3 is 2.53 bits per heavy atom. The molecule has 1 aromatic rings. The van der Waals surface area contributed by atoms with E-state index in [4.69, 9.17) is 10.6 Å². The first-order chi connectivity index (χ1) is 9.13. The highest BCUT2D eigenvalue weighted by Crippen LogP contribution is 2.28. The molecule has 0 saturated carbocycles. The van der Waals surface area contributed by atoms with Crippen LogP contribution in [0.5, 0.6) is 0 Å². The average molecular weight is 263 g/mol. The van der Waals surface area contributed by atoms with E-state index in [0.717, 1.165) is 31.7 Å². The number of nitrogens with two attached hydrogens (primary N) is 1. The zero-order valence-corrected chi connectivity index (χ0v) is 11.2. The maximum Gasteiger partial charge on any atom is 0.251 e. The number of ether oxygens (including phenoxy) is 1. The van der Waals surface area contributed by atoms with Crippen LogP contribution in [-0.2, 0) is 4.74 Å². The number of carbonyl (C=O) groups is 1. The van der Waals surface area contributed by atoms with Crippen molar-refractivity contribution in [2.45, 2.75) is 19.8 Å². The number of nitrogen functional groups attached to an aromatic ring is 1. The van der Waals surface area contributed by atoms with E-state index in [1.807, 2.05) is 0 Å². The largest absolute Gasteiger partial charge is 0.381 e. The number of anilines is 1. The molecule has 0 radical (unpaired) electrons. The highest BCUT2D eigenvalue weighted by molar-refractivity contribution is 5.94. The molecule has 0 atom stereocenters. The van der Waals surface area contributed by atoms with Crippen LogP contribution < -0.4 is 16.6 Å². The summed E-state index contributed by atoms with van der Waals surface area (Å²) in [5.74, 6) is 5.24. The zero-order chi connectivity index (χ0) is 13.7. The van der Waals surface area contributed by atoms with Crippen LogP contribution in [0.4, 0.5) is 5.69 Å². The van der Waals surface area contributed by atoms with Crippen molar-refractivity contribution in [2.75, 3.05) is 25.2 Å². The van der Waals surface area contributed by atoms with Crippen molar-refractivity contribution in [2.24, 2.45) is 11.3 Å². The summed E-state index contributed by atoms with van der Waals surface area (Å²) in [6, 6.07) is 7.09. The third-order valence-electron chi connectivity index (χ3n) is 3.69. The quantitative estimate of drug-likeness (QED) is 0.568. The van der Waals surface area contributed by atoms with Gasteiger partial charge < -0.3 is 15.5 Å². The van der Waals surface area contributed by atoms with Gasteiger partial charge in [0, 0.05) is 31.0 Å². The molecule has 1 heterocycles. The van der Waals surface area contributed by atoms with Gasteiger partial charge in [0.1, 0.15) is 0 Å². The number of nitrogens with one attached hydrogen (secondary N) is 2. The molecule has 1 saturated heterocycles. The summed E-state index contributed by atoms with van der Waals surface area (Å²) in [5.41, 5.74) is 4.12. The molecule has 4 N–H and O–H groups in total. The van der Waals surface area contributed by atoms with Gasteiger partial charge in [0.25, 0.3) is 5.91 Å². The van der Waals surface area contributed by atoms with E-state index in [0.29, 0.717) is 12.1 Å². The minimum absolute atomic E-state index is 0.0451. The van der Waals surface area contributed by atoms with E-state index < -0.39 is 0 Å². The first-order valence-electron chi connectivity index (χ1n) is 6.56. The lowest BCUT2D eigenvalue weighted by Gasteiger charge is -2.33. The predicted octanol–water partition coefficient (Wildman–Crippen LogP) is 1.52. The fourth-order valence-corrected chi connectivity index (χ4v) is 2.15. The molecule has 104 valence electrons. The van der Waals surface area contributed by atoms with Gasteiger partial charge in [-0.25, -0.2) is 0 Å². The second-order valence-electron chi connectivity index (χ2n) is 5.33. The normalized spacial score (nSPS) is 17.8. The van der Waals surface area contributed by atoms with E-state index in [1.165, 1.54) is 0 Å². The Kier molecular flexibility index (Phi) is 4.39. The van der Waals surface area contributed by atoms with Gasteiger partial charge in [-0.1, -0.05) is 6.92 Å². The second-order valence-corrected chi connectivity index (χ2v) is 5.33. The van der Waals surface area contributed by atoms with Crippen LogP contribution in [0.3, 0.4) is 0 Å².